The second-order valence-corrected chi connectivity index (χ2v) is 7.01. The predicted octanol–water partition coefficient (Wildman–Crippen LogP) is 5.35. The van der Waals surface area contributed by atoms with Crippen LogP contribution in [0.2, 0.25) is 0 Å². The fourth-order valence-electron chi connectivity index (χ4n) is 3.18. The number of rotatable bonds is 2. The molecule has 2 aromatic carbocycles. The monoisotopic (exact) mass is 300 g/mol. The van der Waals surface area contributed by atoms with Crippen molar-refractivity contribution in [2.45, 2.75) is 45.1 Å². The Morgan fingerprint density at radius 3 is 2.43 bits per heavy atom. The van der Waals surface area contributed by atoms with Crippen LogP contribution in [0.3, 0.4) is 0 Å². The molecule has 0 aliphatic carbocycles. The largest absolute Gasteiger partial charge is 0.487 e. The minimum absolute atomic E-state index is 0.110. The van der Waals surface area contributed by atoms with E-state index in [2.05, 4.69) is 64.1 Å². The summed E-state index contributed by atoms with van der Waals surface area (Å²) >= 11 is 6.77. The Morgan fingerprint density at radius 1 is 1.10 bits per heavy atom. The van der Waals surface area contributed by atoms with Gasteiger partial charge in [0.25, 0.3) is 0 Å². The topological polar surface area (TPSA) is 9.23 Å². The summed E-state index contributed by atoms with van der Waals surface area (Å²) in [5, 5.41) is -0.111. The fraction of sp³-hybridized carbons (Fsp3) is 0.368. The van der Waals surface area contributed by atoms with Crippen LogP contribution in [-0.4, -0.2) is 5.60 Å². The molecule has 2 heteroatoms. The zero-order chi connectivity index (χ0) is 15.2. The van der Waals surface area contributed by atoms with Crippen molar-refractivity contribution in [3.05, 3.63) is 64.2 Å². The van der Waals surface area contributed by atoms with Crippen LogP contribution in [0.25, 0.3) is 0 Å². The molecule has 21 heavy (non-hydrogen) atoms. The van der Waals surface area contributed by atoms with Crippen molar-refractivity contribution in [2.75, 3.05) is 0 Å². The van der Waals surface area contributed by atoms with Gasteiger partial charge in [-0.1, -0.05) is 30.3 Å². The van der Waals surface area contributed by atoms with Gasteiger partial charge in [0.05, 0.1) is 5.38 Å². The van der Waals surface area contributed by atoms with E-state index >= 15 is 0 Å². The Kier molecular flexibility index (Phi) is 3.49. The molecule has 0 fully saturated rings. The molecule has 0 aromatic heterocycles. The zero-order valence-corrected chi connectivity index (χ0v) is 13.8. The van der Waals surface area contributed by atoms with Crippen LogP contribution in [0.15, 0.2) is 36.4 Å². The molecule has 0 saturated carbocycles. The molecule has 0 radical (unpaired) electrons. The highest BCUT2D eigenvalue weighted by molar-refractivity contribution is 6.22. The van der Waals surface area contributed by atoms with Gasteiger partial charge in [0.2, 0.25) is 0 Å². The number of ether oxygens (including phenoxy) is 1. The Bertz CT molecular complexity index is 668. The average Bonchev–Trinajstić information content (AvgIpc) is 2.70. The van der Waals surface area contributed by atoms with E-state index in [1.165, 1.54) is 22.3 Å². The van der Waals surface area contributed by atoms with Crippen LogP contribution in [0.4, 0.5) is 0 Å². The summed E-state index contributed by atoms with van der Waals surface area (Å²) in [4.78, 5) is 0. The second-order valence-electron chi connectivity index (χ2n) is 6.57. The van der Waals surface area contributed by atoms with Crippen molar-refractivity contribution in [1.29, 1.82) is 0 Å². The summed E-state index contributed by atoms with van der Waals surface area (Å²) in [5.74, 6) is 0.995. The molecule has 3 rings (SSSR count). The summed E-state index contributed by atoms with van der Waals surface area (Å²) in [6.07, 6.45) is 0.937. The predicted molar refractivity (Wildman–Crippen MR) is 88.5 cm³/mol. The molecule has 110 valence electrons. The van der Waals surface area contributed by atoms with Crippen molar-refractivity contribution in [1.82, 2.24) is 0 Å². The summed E-state index contributed by atoms with van der Waals surface area (Å²) in [6, 6.07) is 12.7. The zero-order valence-electron chi connectivity index (χ0n) is 13.0. The van der Waals surface area contributed by atoms with Crippen LogP contribution in [0.1, 0.15) is 47.0 Å². The van der Waals surface area contributed by atoms with E-state index in [0.29, 0.717) is 0 Å². The van der Waals surface area contributed by atoms with Gasteiger partial charge in [0.1, 0.15) is 11.4 Å². The van der Waals surface area contributed by atoms with E-state index in [1.807, 2.05) is 0 Å². The summed E-state index contributed by atoms with van der Waals surface area (Å²) in [6.45, 7) is 8.49. The van der Waals surface area contributed by atoms with E-state index in [0.717, 1.165) is 17.7 Å². The first-order valence-electron chi connectivity index (χ1n) is 7.39. The van der Waals surface area contributed by atoms with E-state index in [9.17, 15) is 0 Å². The molecule has 1 aliphatic heterocycles. The molecule has 0 N–H and O–H groups in total. The number of hydrogen-bond acceptors (Lipinski definition) is 1. The number of fused-ring (bicyclic) bond motifs is 1. The first-order chi connectivity index (χ1) is 9.87. The van der Waals surface area contributed by atoms with Gasteiger partial charge in [0, 0.05) is 6.42 Å². The number of halogens is 1. The molecule has 0 bridgehead atoms. The summed E-state index contributed by atoms with van der Waals surface area (Å²) in [7, 11) is 0. The molecule has 0 amide bonds. The van der Waals surface area contributed by atoms with Crippen LogP contribution < -0.4 is 4.74 Å². The van der Waals surface area contributed by atoms with Crippen molar-refractivity contribution >= 4 is 11.6 Å². The molecular formula is C19H21ClO. The maximum absolute atomic E-state index is 6.77. The first-order valence-corrected chi connectivity index (χ1v) is 7.83. The number of benzene rings is 2. The van der Waals surface area contributed by atoms with Crippen LogP contribution >= 0.6 is 11.6 Å². The van der Waals surface area contributed by atoms with E-state index < -0.39 is 0 Å². The van der Waals surface area contributed by atoms with Gasteiger partial charge in [-0.25, -0.2) is 0 Å². The Morgan fingerprint density at radius 2 is 1.76 bits per heavy atom. The average molecular weight is 301 g/mol. The lowest BCUT2D eigenvalue weighted by atomic mass is 9.93. The third kappa shape index (κ3) is 2.67. The highest BCUT2D eigenvalue weighted by atomic mass is 35.5. The molecule has 1 atom stereocenters. The minimum atomic E-state index is -0.111. The van der Waals surface area contributed by atoms with Crippen molar-refractivity contribution in [3.8, 4) is 5.75 Å². The highest BCUT2D eigenvalue weighted by Crippen LogP contribution is 2.39. The number of hydrogen-bond donors (Lipinski definition) is 0. The Hall–Kier alpha value is -1.47. The SMILES string of the molecule is Cc1cccc(C)c1C(Cl)c1ccc2c(c1)CC(C)(C)O2. The smallest absolute Gasteiger partial charge is 0.123 e. The highest BCUT2D eigenvalue weighted by Gasteiger charge is 2.30. The molecule has 1 aliphatic rings. The molecule has 0 saturated heterocycles. The molecular weight excluding hydrogens is 280 g/mol. The van der Waals surface area contributed by atoms with Gasteiger partial charge >= 0.3 is 0 Å². The maximum Gasteiger partial charge on any atom is 0.123 e. The van der Waals surface area contributed by atoms with Crippen LogP contribution in [0, 0.1) is 13.8 Å². The summed E-state index contributed by atoms with van der Waals surface area (Å²) < 4.78 is 5.94. The molecule has 2 aromatic rings. The lowest BCUT2D eigenvalue weighted by molar-refractivity contribution is 0.138. The van der Waals surface area contributed by atoms with Crippen molar-refractivity contribution in [3.63, 3.8) is 0 Å². The van der Waals surface area contributed by atoms with Gasteiger partial charge in [-0.3, -0.25) is 0 Å². The van der Waals surface area contributed by atoms with Crippen LogP contribution in [0.5, 0.6) is 5.75 Å². The first kappa shape index (κ1) is 14.5. The van der Waals surface area contributed by atoms with Gasteiger partial charge in [-0.2, -0.15) is 0 Å². The molecule has 1 unspecified atom stereocenters. The van der Waals surface area contributed by atoms with Gasteiger partial charge < -0.3 is 4.74 Å². The van der Waals surface area contributed by atoms with E-state index in [-0.39, 0.29) is 11.0 Å². The summed E-state index contributed by atoms with van der Waals surface area (Å²) in [5.41, 5.74) is 6.00. The number of alkyl halides is 1. The molecule has 1 heterocycles. The third-order valence-corrected chi connectivity index (χ3v) is 4.65. The molecule has 1 nitrogen and oxygen atoms in total. The van der Waals surface area contributed by atoms with Gasteiger partial charge in [-0.05, 0) is 61.6 Å². The van der Waals surface area contributed by atoms with Crippen molar-refractivity contribution in [2.24, 2.45) is 0 Å². The Balaban J connectivity index is 1.99. The molecule has 0 spiro atoms. The van der Waals surface area contributed by atoms with Gasteiger partial charge in [-0.15, -0.1) is 11.6 Å². The van der Waals surface area contributed by atoms with Crippen LogP contribution in [-0.2, 0) is 6.42 Å². The second kappa shape index (κ2) is 5.06. The lowest BCUT2D eigenvalue weighted by Crippen LogP contribution is -2.24. The van der Waals surface area contributed by atoms with Crippen molar-refractivity contribution < 1.29 is 4.74 Å². The fourth-order valence-corrected chi connectivity index (χ4v) is 3.66. The normalized spacial score (nSPS) is 17.2. The minimum Gasteiger partial charge on any atom is -0.487 e. The standard InChI is InChI=1S/C19H21ClO/c1-12-6-5-7-13(2)17(12)18(20)14-8-9-16-15(10-14)11-19(3,4)21-16/h5-10,18H,11H2,1-4H3. The van der Waals surface area contributed by atoms with E-state index in [4.69, 9.17) is 16.3 Å². The van der Waals surface area contributed by atoms with E-state index in [1.54, 1.807) is 0 Å². The Labute approximate surface area is 131 Å². The van der Waals surface area contributed by atoms with Gasteiger partial charge in [0.15, 0.2) is 0 Å². The quantitative estimate of drug-likeness (QED) is 0.680. The lowest BCUT2D eigenvalue weighted by Gasteiger charge is -2.17. The number of aryl methyl sites for hydroxylation is 2. The maximum atomic E-state index is 6.77. The third-order valence-electron chi connectivity index (χ3n) is 4.18.